The van der Waals surface area contributed by atoms with Crippen LogP contribution in [0.15, 0.2) is 48.6 Å². The molecule has 0 aromatic carbocycles. The highest BCUT2D eigenvalue weighted by atomic mass is 31.2. The maximum atomic E-state index is 11.5. The van der Waals surface area contributed by atoms with Crippen molar-refractivity contribution in [2.24, 2.45) is 5.73 Å². The molecule has 1 unspecified atom stereocenters. The lowest BCUT2D eigenvalue weighted by molar-refractivity contribution is -0.198. The fourth-order valence-electron chi connectivity index (χ4n) is 2.48. The number of rotatable bonds is 19. The van der Waals surface area contributed by atoms with Crippen molar-refractivity contribution in [3.8, 4) is 0 Å². The minimum atomic E-state index is -3.67. The van der Waals surface area contributed by atoms with E-state index in [9.17, 15) is 9.46 Å². The van der Waals surface area contributed by atoms with E-state index in [4.69, 9.17) is 10.3 Å². The third kappa shape index (κ3) is 21.4. The van der Waals surface area contributed by atoms with Crippen molar-refractivity contribution in [1.82, 2.24) is 0 Å². The number of hydrogen-bond donors (Lipinski definition) is 1. The van der Waals surface area contributed by atoms with Crippen LogP contribution in [0, 0.1) is 0 Å². The number of hydrogen-bond acceptors (Lipinski definition) is 4. The van der Waals surface area contributed by atoms with Crippen LogP contribution in [0.25, 0.3) is 0 Å². The Morgan fingerprint density at radius 2 is 1.29 bits per heavy atom. The zero-order chi connectivity index (χ0) is 20.8. The Labute approximate surface area is 173 Å². The predicted molar refractivity (Wildman–Crippen MR) is 121 cm³/mol. The highest BCUT2D eigenvalue weighted by Crippen LogP contribution is 2.37. The monoisotopic (exact) mass is 410 g/mol. The van der Waals surface area contributed by atoms with Gasteiger partial charge in [0.2, 0.25) is 0 Å². The van der Waals surface area contributed by atoms with Gasteiger partial charge in [-0.3, -0.25) is 0 Å². The maximum Gasteiger partial charge on any atom is 0.135 e. The van der Waals surface area contributed by atoms with Crippen LogP contribution in [-0.4, -0.2) is 19.3 Å². The van der Waals surface area contributed by atoms with Gasteiger partial charge in [-0.15, -0.1) is 0 Å². The third-order valence-corrected chi connectivity index (χ3v) is 5.59. The molecule has 0 spiro atoms. The average Bonchev–Trinajstić information content (AvgIpc) is 2.68. The first-order valence-corrected chi connectivity index (χ1v) is 12.6. The molecule has 162 valence electrons. The van der Waals surface area contributed by atoms with Crippen LogP contribution in [0.4, 0.5) is 0 Å². The van der Waals surface area contributed by atoms with Gasteiger partial charge >= 0.3 is 0 Å². The number of allylic oxidation sites excluding steroid dienone is 8. The summed E-state index contributed by atoms with van der Waals surface area (Å²) < 4.78 is 16.5. The summed E-state index contributed by atoms with van der Waals surface area (Å²) in [6.07, 6.45) is 28.8. The van der Waals surface area contributed by atoms with Crippen molar-refractivity contribution in [3.05, 3.63) is 48.6 Å². The normalized spacial score (nSPS) is 14.8. The smallest absolute Gasteiger partial charge is 0.135 e. The van der Waals surface area contributed by atoms with E-state index in [2.05, 4.69) is 55.5 Å². The Morgan fingerprint density at radius 1 is 0.786 bits per heavy atom. The molecule has 0 radical (unpaired) electrons. The van der Waals surface area contributed by atoms with Crippen molar-refractivity contribution in [1.29, 1.82) is 0 Å². The summed E-state index contributed by atoms with van der Waals surface area (Å²) >= 11 is 0. The fraction of sp³-hybridized carbons (Fsp3) is 0.652. The van der Waals surface area contributed by atoms with Gasteiger partial charge in [0.25, 0.3) is 0 Å². The summed E-state index contributed by atoms with van der Waals surface area (Å²) in [6.45, 7) is 2.89. The van der Waals surface area contributed by atoms with Crippen molar-refractivity contribution < 1.29 is 14.0 Å². The standard InChI is InChI=1S/C23H42NO3P/c1-2-3-4-5-6-7-8-9-10-11-12-13-14-15-16-17-18-19-22-27-28(25,26)23-20-21-24/h6-7,9-10,12-13,15-16H,2-5,8,11,14,17-24H2,1H3,(H,25,26)/p-1. The molecule has 0 aromatic heterocycles. The molecule has 4 nitrogen and oxygen atoms in total. The van der Waals surface area contributed by atoms with Crippen molar-refractivity contribution in [2.45, 2.75) is 77.6 Å². The molecule has 1 atom stereocenters. The molecule has 0 saturated heterocycles. The van der Waals surface area contributed by atoms with Gasteiger partial charge in [0.05, 0.1) is 6.61 Å². The quantitative estimate of drug-likeness (QED) is 0.160. The lowest BCUT2D eigenvalue weighted by Crippen LogP contribution is -2.12. The Bertz CT molecular complexity index is 498. The van der Waals surface area contributed by atoms with Gasteiger partial charge in [0.15, 0.2) is 0 Å². The summed E-state index contributed by atoms with van der Waals surface area (Å²) in [7, 11) is -3.67. The maximum absolute atomic E-state index is 11.5. The molecule has 0 amide bonds. The number of unbranched alkanes of at least 4 members (excludes halogenated alkanes) is 5. The molecule has 0 aromatic rings. The van der Waals surface area contributed by atoms with E-state index >= 15 is 0 Å². The van der Waals surface area contributed by atoms with Crippen LogP contribution < -0.4 is 10.6 Å². The van der Waals surface area contributed by atoms with E-state index in [0.29, 0.717) is 13.0 Å². The summed E-state index contributed by atoms with van der Waals surface area (Å²) in [6, 6.07) is 0. The first-order chi connectivity index (χ1) is 13.6. The molecule has 2 N–H and O–H groups in total. The minimum absolute atomic E-state index is 0.0423. The van der Waals surface area contributed by atoms with E-state index < -0.39 is 7.60 Å². The van der Waals surface area contributed by atoms with E-state index in [0.717, 1.165) is 38.5 Å². The van der Waals surface area contributed by atoms with Gasteiger partial charge in [0, 0.05) is 6.16 Å². The largest absolute Gasteiger partial charge is 0.778 e. The zero-order valence-corrected chi connectivity index (χ0v) is 18.7. The molecule has 28 heavy (non-hydrogen) atoms. The topological polar surface area (TPSA) is 75.4 Å². The highest BCUT2D eigenvalue weighted by Gasteiger charge is 2.06. The summed E-state index contributed by atoms with van der Waals surface area (Å²) in [5.41, 5.74) is 5.30. The van der Waals surface area contributed by atoms with Crippen LogP contribution in [0.1, 0.15) is 77.6 Å². The van der Waals surface area contributed by atoms with Crippen molar-refractivity contribution in [2.75, 3.05) is 19.3 Å². The molecular weight excluding hydrogens is 369 g/mol. The average molecular weight is 411 g/mol. The molecular formula is C23H41NO3P-. The fourth-order valence-corrected chi connectivity index (χ4v) is 3.58. The van der Waals surface area contributed by atoms with E-state index in [1.165, 1.54) is 25.7 Å². The van der Waals surface area contributed by atoms with Gasteiger partial charge in [-0.25, -0.2) is 0 Å². The van der Waals surface area contributed by atoms with Crippen LogP contribution in [-0.2, 0) is 9.09 Å². The number of nitrogens with two attached hydrogens (primary N) is 1. The molecule has 0 fully saturated rings. The second kappa shape index (κ2) is 20.8. The molecule has 5 heteroatoms. The highest BCUT2D eigenvalue weighted by molar-refractivity contribution is 7.51. The van der Waals surface area contributed by atoms with Crippen LogP contribution >= 0.6 is 7.60 Å². The van der Waals surface area contributed by atoms with E-state index in [-0.39, 0.29) is 12.8 Å². The third-order valence-electron chi connectivity index (χ3n) is 4.15. The summed E-state index contributed by atoms with van der Waals surface area (Å²) in [5.74, 6) is 0. The summed E-state index contributed by atoms with van der Waals surface area (Å²) in [4.78, 5) is 11.5. The molecule has 0 heterocycles. The molecule has 0 aliphatic heterocycles. The second-order valence-electron chi connectivity index (χ2n) is 6.89. The minimum Gasteiger partial charge on any atom is -0.778 e. The second-order valence-corrected chi connectivity index (χ2v) is 8.82. The summed E-state index contributed by atoms with van der Waals surface area (Å²) in [5, 5.41) is 0. The van der Waals surface area contributed by atoms with E-state index in [1.807, 2.05) is 0 Å². The van der Waals surface area contributed by atoms with Crippen LogP contribution in [0.3, 0.4) is 0 Å². The lowest BCUT2D eigenvalue weighted by atomic mass is 10.2. The van der Waals surface area contributed by atoms with Crippen LogP contribution in [0.5, 0.6) is 0 Å². The Morgan fingerprint density at radius 3 is 1.79 bits per heavy atom. The molecule has 0 aliphatic rings. The SMILES string of the molecule is CCCCCC=CCC=CCC=CCC=CCCCCOP(=O)([O-])CCCN. The van der Waals surface area contributed by atoms with Crippen molar-refractivity contribution in [3.63, 3.8) is 0 Å². The van der Waals surface area contributed by atoms with Gasteiger partial charge in [-0.05, 0) is 64.3 Å². The van der Waals surface area contributed by atoms with Gasteiger partial charge < -0.3 is 19.7 Å². The Kier molecular flexibility index (Phi) is 20.1. The van der Waals surface area contributed by atoms with Gasteiger partial charge in [-0.1, -0.05) is 68.4 Å². The van der Waals surface area contributed by atoms with Gasteiger partial charge in [-0.2, -0.15) is 0 Å². The lowest BCUT2D eigenvalue weighted by Gasteiger charge is -2.22. The first-order valence-electron chi connectivity index (χ1n) is 10.9. The molecule has 0 saturated carbocycles. The van der Waals surface area contributed by atoms with E-state index in [1.54, 1.807) is 0 Å². The molecule has 0 rings (SSSR count). The van der Waals surface area contributed by atoms with Gasteiger partial charge in [0.1, 0.15) is 7.60 Å². The Hall–Kier alpha value is -0.930. The zero-order valence-electron chi connectivity index (χ0n) is 17.8. The van der Waals surface area contributed by atoms with Crippen LogP contribution in [0.2, 0.25) is 0 Å². The molecule has 0 aliphatic carbocycles. The first kappa shape index (κ1) is 27.1. The molecule has 0 bridgehead atoms. The Balaban J connectivity index is 3.49. The van der Waals surface area contributed by atoms with Crippen molar-refractivity contribution >= 4 is 7.60 Å². The predicted octanol–water partition coefficient (Wildman–Crippen LogP) is 6.05.